The number of nitrogens with one attached hydrogen (secondary N) is 2. The lowest BCUT2D eigenvalue weighted by Gasteiger charge is -2.09. The SMILES string of the molecule is O=C(Nc1ccc2cc(-c3ccc4c(c3)NCC4)ccc2c1)c1ccsc1. The predicted octanol–water partition coefficient (Wildman–Crippen LogP) is 5.79. The number of carbonyl (C=O) groups excluding carboxylic acids is 1. The van der Waals surface area contributed by atoms with Crippen LogP contribution in [0.4, 0.5) is 11.4 Å². The summed E-state index contributed by atoms with van der Waals surface area (Å²) in [5, 5.41) is 12.5. The summed E-state index contributed by atoms with van der Waals surface area (Å²) in [6.07, 6.45) is 1.10. The Kier molecular flexibility index (Phi) is 3.91. The van der Waals surface area contributed by atoms with Gasteiger partial charge in [-0.15, -0.1) is 0 Å². The van der Waals surface area contributed by atoms with Gasteiger partial charge in [-0.1, -0.05) is 30.3 Å². The molecule has 1 aliphatic heterocycles. The second-order valence-corrected chi connectivity index (χ2v) is 7.57. The van der Waals surface area contributed by atoms with Crippen molar-refractivity contribution < 1.29 is 4.79 Å². The number of anilines is 2. The third-order valence-corrected chi connectivity index (χ3v) is 5.72. The van der Waals surface area contributed by atoms with E-state index in [2.05, 4.69) is 53.1 Å². The van der Waals surface area contributed by atoms with Crippen LogP contribution in [0.3, 0.4) is 0 Å². The molecule has 0 saturated carbocycles. The number of benzene rings is 3. The molecule has 0 atom stereocenters. The first kappa shape index (κ1) is 16.1. The van der Waals surface area contributed by atoms with Crippen LogP contribution in [0.25, 0.3) is 21.9 Å². The number of hydrogen-bond donors (Lipinski definition) is 2. The molecule has 4 aromatic rings. The largest absolute Gasteiger partial charge is 0.384 e. The smallest absolute Gasteiger partial charge is 0.256 e. The minimum Gasteiger partial charge on any atom is -0.384 e. The Bertz CT molecular complexity index is 1150. The Morgan fingerprint density at radius 3 is 2.63 bits per heavy atom. The minimum absolute atomic E-state index is 0.0714. The molecule has 5 rings (SSSR count). The Morgan fingerprint density at radius 2 is 1.74 bits per heavy atom. The topological polar surface area (TPSA) is 41.1 Å². The monoisotopic (exact) mass is 370 g/mol. The third-order valence-electron chi connectivity index (χ3n) is 5.03. The van der Waals surface area contributed by atoms with Gasteiger partial charge in [-0.05, 0) is 69.6 Å². The first-order chi connectivity index (χ1) is 13.3. The molecule has 132 valence electrons. The maximum absolute atomic E-state index is 12.2. The maximum atomic E-state index is 12.2. The van der Waals surface area contributed by atoms with Crippen molar-refractivity contribution in [1.29, 1.82) is 0 Å². The molecule has 0 bridgehead atoms. The Labute approximate surface area is 161 Å². The van der Waals surface area contributed by atoms with E-state index in [0.29, 0.717) is 5.56 Å². The van der Waals surface area contributed by atoms with Crippen LogP contribution in [-0.4, -0.2) is 12.5 Å². The number of carbonyl (C=O) groups is 1. The fourth-order valence-electron chi connectivity index (χ4n) is 3.57. The van der Waals surface area contributed by atoms with Crippen molar-refractivity contribution >= 4 is 39.4 Å². The molecule has 0 saturated heterocycles. The van der Waals surface area contributed by atoms with Crippen molar-refractivity contribution in [3.05, 3.63) is 82.6 Å². The quantitative estimate of drug-likeness (QED) is 0.479. The fourth-order valence-corrected chi connectivity index (χ4v) is 4.21. The van der Waals surface area contributed by atoms with Crippen molar-refractivity contribution in [2.75, 3.05) is 17.2 Å². The van der Waals surface area contributed by atoms with Gasteiger partial charge in [-0.25, -0.2) is 0 Å². The molecule has 0 aliphatic carbocycles. The van der Waals surface area contributed by atoms with Crippen LogP contribution in [0.2, 0.25) is 0 Å². The summed E-state index contributed by atoms with van der Waals surface area (Å²) in [6, 6.07) is 21.0. The van der Waals surface area contributed by atoms with Crippen molar-refractivity contribution in [3.63, 3.8) is 0 Å². The van der Waals surface area contributed by atoms with E-state index in [1.807, 2.05) is 29.0 Å². The van der Waals surface area contributed by atoms with Crippen LogP contribution in [-0.2, 0) is 6.42 Å². The van der Waals surface area contributed by atoms with Crippen molar-refractivity contribution in [2.24, 2.45) is 0 Å². The van der Waals surface area contributed by atoms with Gasteiger partial charge >= 0.3 is 0 Å². The molecule has 3 nitrogen and oxygen atoms in total. The summed E-state index contributed by atoms with van der Waals surface area (Å²) in [5.41, 5.74) is 6.58. The first-order valence-electron chi connectivity index (χ1n) is 9.01. The van der Waals surface area contributed by atoms with Gasteiger partial charge in [0.15, 0.2) is 0 Å². The van der Waals surface area contributed by atoms with Crippen LogP contribution in [0.5, 0.6) is 0 Å². The Balaban J connectivity index is 1.44. The third kappa shape index (κ3) is 3.09. The van der Waals surface area contributed by atoms with E-state index in [-0.39, 0.29) is 5.91 Å². The summed E-state index contributed by atoms with van der Waals surface area (Å²) < 4.78 is 0. The van der Waals surface area contributed by atoms with Gasteiger partial charge in [0.05, 0.1) is 5.56 Å². The lowest BCUT2D eigenvalue weighted by atomic mass is 9.99. The minimum atomic E-state index is -0.0714. The molecule has 27 heavy (non-hydrogen) atoms. The van der Waals surface area contributed by atoms with Crippen LogP contribution in [0, 0.1) is 0 Å². The highest BCUT2D eigenvalue weighted by molar-refractivity contribution is 7.08. The van der Waals surface area contributed by atoms with Gasteiger partial charge in [0.25, 0.3) is 5.91 Å². The van der Waals surface area contributed by atoms with Crippen molar-refractivity contribution in [3.8, 4) is 11.1 Å². The molecule has 0 spiro atoms. The Morgan fingerprint density at radius 1 is 0.926 bits per heavy atom. The molecule has 1 aromatic heterocycles. The number of rotatable bonds is 3. The maximum Gasteiger partial charge on any atom is 0.256 e. The molecule has 2 heterocycles. The average molecular weight is 370 g/mol. The van der Waals surface area contributed by atoms with E-state index in [9.17, 15) is 4.79 Å². The average Bonchev–Trinajstić information content (AvgIpc) is 3.38. The second-order valence-electron chi connectivity index (χ2n) is 6.79. The fraction of sp³-hybridized carbons (Fsp3) is 0.0870. The lowest BCUT2D eigenvalue weighted by molar-refractivity contribution is 0.102. The number of fused-ring (bicyclic) bond motifs is 2. The van der Waals surface area contributed by atoms with E-state index < -0.39 is 0 Å². The molecule has 1 aliphatic rings. The first-order valence-corrected chi connectivity index (χ1v) is 9.95. The summed E-state index contributed by atoms with van der Waals surface area (Å²) in [7, 11) is 0. The van der Waals surface area contributed by atoms with Crippen molar-refractivity contribution in [1.82, 2.24) is 0 Å². The van der Waals surface area contributed by atoms with Crippen molar-refractivity contribution in [2.45, 2.75) is 6.42 Å². The molecule has 0 fully saturated rings. The standard InChI is InChI=1S/C23H18N2OS/c26-23(20-8-10-27-14-20)25-21-6-5-17-11-16(3-4-18(17)12-21)19-2-1-15-7-9-24-22(15)13-19/h1-6,8,10-14,24H,7,9H2,(H,25,26). The highest BCUT2D eigenvalue weighted by atomic mass is 32.1. The van der Waals surface area contributed by atoms with E-state index in [1.54, 1.807) is 0 Å². The van der Waals surface area contributed by atoms with Gasteiger partial charge in [0.1, 0.15) is 0 Å². The number of thiophene rings is 1. The molecule has 1 amide bonds. The summed E-state index contributed by atoms with van der Waals surface area (Å²) >= 11 is 1.52. The highest BCUT2D eigenvalue weighted by Crippen LogP contribution is 2.31. The summed E-state index contributed by atoms with van der Waals surface area (Å²) in [5.74, 6) is -0.0714. The zero-order chi connectivity index (χ0) is 18.2. The Hall–Kier alpha value is -3.11. The molecule has 0 radical (unpaired) electrons. The molecular formula is C23H18N2OS. The van der Waals surface area contributed by atoms with Gasteiger partial charge in [0, 0.05) is 23.3 Å². The van der Waals surface area contributed by atoms with E-state index in [1.165, 1.54) is 33.7 Å². The number of hydrogen-bond acceptors (Lipinski definition) is 3. The predicted molar refractivity (Wildman–Crippen MR) is 114 cm³/mol. The van der Waals surface area contributed by atoms with E-state index in [0.717, 1.165) is 29.4 Å². The lowest BCUT2D eigenvalue weighted by Crippen LogP contribution is -2.10. The normalized spacial score (nSPS) is 12.6. The van der Waals surface area contributed by atoms with E-state index >= 15 is 0 Å². The summed E-state index contributed by atoms with van der Waals surface area (Å²) in [4.78, 5) is 12.2. The van der Waals surface area contributed by atoms with Gasteiger partial charge in [0.2, 0.25) is 0 Å². The zero-order valence-electron chi connectivity index (χ0n) is 14.7. The van der Waals surface area contributed by atoms with E-state index in [4.69, 9.17) is 0 Å². The second kappa shape index (κ2) is 6.56. The highest BCUT2D eigenvalue weighted by Gasteiger charge is 2.11. The van der Waals surface area contributed by atoms with Crippen LogP contribution in [0.1, 0.15) is 15.9 Å². The molecule has 0 unspecified atom stereocenters. The molecule has 3 aromatic carbocycles. The van der Waals surface area contributed by atoms with Crippen LogP contribution in [0.15, 0.2) is 71.4 Å². The van der Waals surface area contributed by atoms with Gasteiger partial charge in [-0.2, -0.15) is 11.3 Å². The summed E-state index contributed by atoms with van der Waals surface area (Å²) in [6.45, 7) is 1.02. The van der Waals surface area contributed by atoms with Crippen LogP contribution >= 0.6 is 11.3 Å². The molecule has 4 heteroatoms. The zero-order valence-corrected chi connectivity index (χ0v) is 15.5. The molecule has 2 N–H and O–H groups in total. The van der Waals surface area contributed by atoms with Gasteiger partial charge < -0.3 is 10.6 Å². The van der Waals surface area contributed by atoms with Gasteiger partial charge in [-0.3, -0.25) is 4.79 Å². The van der Waals surface area contributed by atoms with Crippen LogP contribution < -0.4 is 10.6 Å². The number of amides is 1. The molecular weight excluding hydrogens is 352 g/mol.